The van der Waals surface area contributed by atoms with Crippen LogP contribution in [0.15, 0.2) is 368 Å². The van der Waals surface area contributed by atoms with Crippen molar-refractivity contribution in [2.45, 2.75) is 0 Å². The third kappa shape index (κ3) is 10.8. The molecule has 516 valence electrons. The fourth-order valence-electron chi connectivity index (χ4n) is 16.5. The Bertz CT molecular complexity index is 7910. The molecule has 0 amide bonds. The van der Waals surface area contributed by atoms with Gasteiger partial charge in [-0.1, -0.05) is 303 Å². The highest BCUT2D eigenvalue weighted by molar-refractivity contribution is 7.27. The molecule has 0 aliphatic rings. The van der Waals surface area contributed by atoms with Crippen molar-refractivity contribution in [3.63, 3.8) is 0 Å². The lowest BCUT2D eigenvalue weighted by Gasteiger charge is -2.16. The van der Waals surface area contributed by atoms with Crippen molar-refractivity contribution in [3.8, 4) is 67.5 Å². The van der Waals surface area contributed by atoms with Gasteiger partial charge in [0.25, 0.3) is 0 Å². The zero-order valence-electron chi connectivity index (χ0n) is 59.5. The lowest BCUT2D eigenvalue weighted by atomic mass is 9.94. The Morgan fingerprint density at radius 1 is 0.198 bits per heavy atom. The maximum atomic E-state index is 6.22. The van der Waals surface area contributed by atoms with E-state index in [0.717, 1.165) is 150 Å². The van der Waals surface area contributed by atoms with Gasteiger partial charge in [-0.3, -0.25) is 0 Å². The molecule has 0 fully saturated rings. The Balaban J connectivity index is 0.000000103. The van der Waals surface area contributed by atoms with Crippen LogP contribution in [-0.2, 0) is 0 Å². The molecule has 9 heteroatoms. The molecule has 111 heavy (non-hydrogen) atoms. The van der Waals surface area contributed by atoms with Crippen LogP contribution in [0.3, 0.4) is 0 Å². The van der Waals surface area contributed by atoms with Gasteiger partial charge in [0.1, 0.15) is 11.2 Å². The molecule has 0 atom stereocenters. The maximum Gasteiger partial charge on any atom is 0.136 e. The lowest BCUT2D eigenvalue weighted by Crippen LogP contribution is -1.98. The first-order chi connectivity index (χ1) is 55.0. The molecule has 24 rings (SSSR count). The van der Waals surface area contributed by atoms with Gasteiger partial charge >= 0.3 is 0 Å². The van der Waals surface area contributed by atoms with E-state index in [1.54, 1.807) is 0 Å². The van der Waals surface area contributed by atoms with Crippen molar-refractivity contribution in [3.05, 3.63) is 364 Å². The Kier molecular flexibility index (Phi) is 15.2. The van der Waals surface area contributed by atoms with E-state index in [1.807, 2.05) is 77.3 Å². The van der Waals surface area contributed by atoms with Gasteiger partial charge in [-0.05, 0) is 109 Å². The van der Waals surface area contributed by atoms with Crippen molar-refractivity contribution >= 4 is 183 Å². The molecule has 7 nitrogen and oxygen atoms in total. The zero-order valence-corrected chi connectivity index (χ0v) is 61.2. The van der Waals surface area contributed by atoms with Crippen LogP contribution in [0.4, 0.5) is 0 Å². The minimum absolute atomic E-state index is 0.877. The van der Waals surface area contributed by atoms with E-state index in [2.05, 4.69) is 309 Å². The van der Waals surface area contributed by atoms with Crippen molar-refractivity contribution in [2.24, 2.45) is 0 Å². The summed E-state index contributed by atoms with van der Waals surface area (Å²) >= 11 is 3.73. The zero-order chi connectivity index (χ0) is 73.0. The highest BCUT2D eigenvalue weighted by Crippen LogP contribution is 2.46. The van der Waals surface area contributed by atoms with Crippen LogP contribution in [0.1, 0.15) is 0 Å². The summed E-state index contributed by atoms with van der Waals surface area (Å²) in [6, 6.07) is 128. The number of rotatable bonds is 6. The molecule has 0 N–H and O–H groups in total. The molecule has 0 saturated heterocycles. The molecule has 24 aromatic rings. The Labute approximate surface area is 644 Å². The van der Waals surface area contributed by atoms with Crippen LogP contribution in [-0.4, -0.2) is 29.9 Å². The minimum atomic E-state index is 0.877. The minimum Gasteiger partial charge on any atom is -0.456 e. The highest BCUT2D eigenvalue weighted by atomic mass is 32.1. The average Bonchev–Trinajstić information content (AvgIpc) is 1.69. The molecule has 18 aromatic carbocycles. The van der Waals surface area contributed by atoms with Gasteiger partial charge in [-0.25, -0.2) is 29.9 Å². The quantitative estimate of drug-likeness (QED) is 0.153. The van der Waals surface area contributed by atoms with E-state index in [-0.39, 0.29) is 0 Å². The molecular formula is C102H60N6OS2. The van der Waals surface area contributed by atoms with E-state index in [0.29, 0.717) is 0 Å². The Morgan fingerprint density at radius 2 is 0.604 bits per heavy atom. The molecule has 0 saturated carbocycles. The smallest absolute Gasteiger partial charge is 0.136 e. The van der Waals surface area contributed by atoms with E-state index in [1.165, 1.54) is 78.0 Å². The van der Waals surface area contributed by atoms with Gasteiger partial charge in [0.2, 0.25) is 0 Å². The molecule has 0 aliphatic heterocycles. The van der Waals surface area contributed by atoms with Gasteiger partial charge in [-0.15, -0.1) is 22.7 Å². The van der Waals surface area contributed by atoms with E-state index in [4.69, 9.17) is 34.3 Å². The highest BCUT2D eigenvalue weighted by Gasteiger charge is 2.23. The normalized spacial score (nSPS) is 11.8. The third-order valence-electron chi connectivity index (χ3n) is 21.7. The number of aromatic nitrogens is 6. The van der Waals surface area contributed by atoms with Gasteiger partial charge in [0.05, 0.1) is 67.3 Å². The summed E-state index contributed by atoms with van der Waals surface area (Å²) in [4.78, 5) is 31.5. The number of thiophene rings is 2. The van der Waals surface area contributed by atoms with Crippen molar-refractivity contribution in [1.29, 1.82) is 0 Å². The van der Waals surface area contributed by atoms with Crippen molar-refractivity contribution in [2.75, 3.05) is 0 Å². The van der Waals surface area contributed by atoms with Crippen LogP contribution in [0, 0.1) is 0 Å². The second-order valence-corrected chi connectivity index (χ2v) is 30.3. The van der Waals surface area contributed by atoms with Crippen molar-refractivity contribution < 1.29 is 4.42 Å². The first kappa shape index (κ1) is 64.0. The Morgan fingerprint density at radius 3 is 1.18 bits per heavy atom. The standard InChI is InChI=1S/C38H22N2O.C34H20N2S.C30H18N2S/c1-2-11-23(12-3-1)35-36(40-38-29-16-7-5-14-25(29)24-13-4-6-15-28(24)37(38)39-35)30-19-10-18-27-26(30)21-22-33-34(27)31-17-8-9-20-32(31)41-33;1-2-9-22(10-3-1)31-32(35-29-19-16-21-8-4-5-11-25(21)33(29)36-31)24-15-17-26-23(20-24)14-18-28-27-12-6-7-13-30(27)37-34(26)28;1-2-8-19(9-3-1)28-29(32-26-12-6-5-11-25(26)31-28)21-15-16-22-20(18-21)14-17-24-23-10-4-7-13-27(23)33-30(22)24/h1-22H;1-20H;1-18H. The maximum absolute atomic E-state index is 6.22. The molecule has 6 aromatic heterocycles. The first-order valence-electron chi connectivity index (χ1n) is 37.3. The van der Waals surface area contributed by atoms with Gasteiger partial charge in [-0.2, -0.15) is 0 Å². The monoisotopic (exact) mass is 1450 g/mol. The predicted molar refractivity (Wildman–Crippen MR) is 469 cm³/mol. The number of furan rings is 1. The fourth-order valence-corrected chi connectivity index (χ4v) is 19.0. The number of nitrogens with zero attached hydrogens (tertiary/aromatic N) is 6. The molecule has 6 heterocycles. The largest absolute Gasteiger partial charge is 0.456 e. The van der Waals surface area contributed by atoms with Crippen LogP contribution in [0.25, 0.3) is 228 Å². The van der Waals surface area contributed by atoms with Gasteiger partial charge < -0.3 is 4.42 Å². The predicted octanol–water partition coefficient (Wildman–Crippen LogP) is 28.4. The van der Waals surface area contributed by atoms with Gasteiger partial charge in [0.15, 0.2) is 0 Å². The SMILES string of the molecule is c1ccc(-c2nc3c(ccc4ccccc43)nc2-c2ccc3c(ccc4c5ccccc5sc34)c2)cc1.c1ccc(-c2nc3c4ccccc4c4ccccc4c3nc2-c2cccc3c2ccc2oc4ccccc4c23)cc1.c1ccc(-c2nc3ccccc3nc2-c2ccc3c(ccc4c5ccccc5sc34)c2)cc1. The molecule has 0 bridgehead atoms. The van der Waals surface area contributed by atoms with Gasteiger partial charge in [0, 0.05) is 101 Å². The second kappa shape index (κ2) is 26.3. The van der Waals surface area contributed by atoms with Crippen LogP contribution in [0.5, 0.6) is 0 Å². The summed E-state index contributed by atoms with van der Waals surface area (Å²) in [5, 5.41) is 21.7. The summed E-state index contributed by atoms with van der Waals surface area (Å²) in [7, 11) is 0. The number of para-hydroxylation sites is 3. The third-order valence-corrected chi connectivity index (χ3v) is 24.2. The first-order valence-corrected chi connectivity index (χ1v) is 38.9. The second-order valence-electron chi connectivity index (χ2n) is 28.2. The number of hydrogen-bond donors (Lipinski definition) is 0. The van der Waals surface area contributed by atoms with Crippen molar-refractivity contribution in [1.82, 2.24) is 29.9 Å². The summed E-state index contributed by atoms with van der Waals surface area (Å²) in [6.45, 7) is 0. The molecule has 0 spiro atoms. The summed E-state index contributed by atoms with van der Waals surface area (Å²) in [6.07, 6.45) is 0. The van der Waals surface area contributed by atoms with E-state index >= 15 is 0 Å². The molecular weight excluding hydrogens is 1390 g/mol. The number of fused-ring (bicyclic) bond motifs is 25. The lowest BCUT2D eigenvalue weighted by molar-refractivity contribution is 0.669. The van der Waals surface area contributed by atoms with Crippen LogP contribution < -0.4 is 0 Å². The summed E-state index contributed by atoms with van der Waals surface area (Å²) < 4.78 is 11.6. The van der Waals surface area contributed by atoms with Crippen LogP contribution >= 0.6 is 22.7 Å². The summed E-state index contributed by atoms with van der Waals surface area (Å²) in [5.74, 6) is 0. The Hall–Kier alpha value is -14.2. The summed E-state index contributed by atoms with van der Waals surface area (Å²) in [5.41, 5.74) is 19.1. The van der Waals surface area contributed by atoms with E-state index < -0.39 is 0 Å². The number of benzene rings is 18. The topological polar surface area (TPSA) is 90.5 Å². The molecule has 0 aliphatic carbocycles. The number of hydrogen-bond acceptors (Lipinski definition) is 9. The molecule has 0 unspecified atom stereocenters. The average molecular weight is 1450 g/mol. The van der Waals surface area contributed by atoms with E-state index in [9.17, 15) is 0 Å². The molecule has 0 radical (unpaired) electrons. The fraction of sp³-hybridized carbons (Fsp3) is 0. The van der Waals surface area contributed by atoms with Crippen LogP contribution in [0.2, 0.25) is 0 Å².